The van der Waals surface area contributed by atoms with Crippen LogP contribution in [0.2, 0.25) is 0 Å². The van der Waals surface area contributed by atoms with Crippen LogP contribution in [-0.2, 0) is 56.2 Å². The van der Waals surface area contributed by atoms with Crippen LogP contribution in [0, 0.1) is 6.92 Å². The molecule has 0 bridgehead atoms. The van der Waals surface area contributed by atoms with Gasteiger partial charge in [-0.25, -0.2) is 17.8 Å². The highest BCUT2D eigenvalue weighted by molar-refractivity contribution is 9.10. The van der Waals surface area contributed by atoms with Crippen molar-refractivity contribution in [3.63, 3.8) is 0 Å². The topological polar surface area (TPSA) is 159 Å². The van der Waals surface area contributed by atoms with Crippen molar-refractivity contribution in [1.29, 1.82) is 0 Å². The normalized spacial score (nSPS) is 21.4. The first-order chi connectivity index (χ1) is 27.1. The SMILES string of the molecule is CCC[n+]1cc(Br)cc2c1N=C(/C=C/C=C/C=C1/N(CCCCCC(=O)ON3C(=O)CCC3=O)c3c(C)cc(S(=O)(=O)[O-])cc3C1(C)CCOC)C2(C)CCOC. The Bertz CT molecular complexity index is 2100. The van der Waals surface area contributed by atoms with Gasteiger partial charge in [-0.05, 0) is 115 Å². The Morgan fingerprint density at radius 1 is 0.982 bits per heavy atom. The lowest BCUT2D eigenvalue weighted by Gasteiger charge is -2.30. The van der Waals surface area contributed by atoms with Crippen LogP contribution in [0.25, 0.3) is 0 Å². The van der Waals surface area contributed by atoms with Gasteiger partial charge in [0.1, 0.15) is 16.3 Å². The fraction of sp³-hybridized carbons (Fsp3) is 0.500. The Labute approximate surface area is 344 Å². The second-order valence-electron chi connectivity index (χ2n) is 15.1. The van der Waals surface area contributed by atoms with Crippen LogP contribution in [0.15, 0.2) is 74.8 Å². The molecule has 0 aliphatic carbocycles. The number of aliphatic imine (C=N–C) groups is 1. The van der Waals surface area contributed by atoms with E-state index in [1.54, 1.807) is 21.1 Å². The predicted octanol–water partition coefficient (Wildman–Crippen LogP) is 6.72. The first kappa shape index (κ1) is 44.1. The van der Waals surface area contributed by atoms with Gasteiger partial charge in [0, 0.05) is 70.0 Å². The number of imide groups is 1. The third kappa shape index (κ3) is 9.65. The molecular formula is C42H53BrN4O9S. The van der Waals surface area contributed by atoms with Gasteiger partial charge < -0.3 is 23.8 Å². The molecule has 0 N–H and O–H groups in total. The van der Waals surface area contributed by atoms with Crippen molar-refractivity contribution in [2.24, 2.45) is 4.99 Å². The minimum atomic E-state index is -4.73. The zero-order valence-corrected chi connectivity index (χ0v) is 36.0. The maximum Gasteiger partial charge on any atom is 0.333 e. The number of allylic oxidation sites excluding steroid dienone is 6. The maximum atomic E-state index is 12.4. The molecular weight excluding hydrogens is 816 g/mol. The molecule has 3 aliphatic heterocycles. The van der Waals surface area contributed by atoms with Crippen molar-refractivity contribution in [3.8, 4) is 0 Å². The summed E-state index contributed by atoms with van der Waals surface area (Å²) in [6.45, 7) is 10.5. The molecule has 1 fully saturated rings. The Morgan fingerprint density at radius 3 is 2.32 bits per heavy atom. The van der Waals surface area contributed by atoms with Gasteiger partial charge in [0.15, 0.2) is 5.71 Å². The van der Waals surface area contributed by atoms with E-state index in [4.69, 9.17) is 19.3 Å². The largest absolute Gasteiger partial charge is 0.744 e. The number of nitrogens with zero attached hydrogens (tertiary/aromatic N) is 4. The van der Waals surface area contributed by atoms with E-state index in [-0.39, 0.29) is 29.6 Å². The summed E-state index contributed by atoms with van der Waals surface area (Å²) in [4.78, 5) is 48.1. The number of anilines is 1. The van der Waals surface area contributed by atoms with Crippen LogP contribution in [0.1, 0.15) is 95.2 Å². The third-order valence-electron chi connectivity index (χ3n) is 11.0. The molecule has 2 aromatic rings. The van der Waals surface area contributed by atoms with Gasteiger partial charge in [0.25, 0.3) is 11.8 Å². The Hall–Kier alpha value is -4.02. The van der Waals surface area contributed by atoms with E-state index in [1.165, 1.54) is 12.1 Å². The molecule has 5 rings (SSSR count). The number of hydroxylamine groups is 2. The van der Waals surface area contributed by atoms with Crippen molar-refractivity contribution in [2.75, 3.05) is 38.9 Å². The third-order valence-corrected chi connectivity index (χ3v) is 12.3. The van der Waals surface area contributed by atoms with Gasteiger partial charge in [0.2, 0.25) is 0 Å². The van der Waals surface area contributed by atoms with Crippen molar-refractivity contribution in [3.05, 3.63) is 81.6 Å². The summed E-state index contributed by atoms with van der Waals surface area (Å²) in [6.07, 6.45) is 16.1. The molecule has 2 unspecified atom stereocenters. The molecule has 57 heavy (non-hydrogen) atoms. The summed E-state index contributed by atoms with van der Waals surface area (Å²) in [5.74, 6) is -0.729. The number of aromatic nitrogens is 1. The average Bonchev–Trinajstić information content (AvgIpc) is 3.71. The van der Waals surface area contributed by atoms with Crippen LogP contribution in [-0.4, -0.2) is 75.5 Å². The number of unbranched alkanes of at least 4 members (excludes halogenated alkanes) is 2. The summed E-state index contributed by atoms with van der Waals surface area (Å²) < 4.78 is 51.1. The fourth-order valence-electron chi connectivity index (χ4n) is 7.89. The van der Waals surface area contributed by atoms with E-state index in [1.807, 2.05) is 37.3 Å². The number of ether oxygens (including phenoxy) is 2. The van der Waals surface area contributed by atoms with Gasteiger partial charge in [0.05, 0.1) is 26.9 Å². The molecule has 2 amide bonds. The molecule has 308 valence electrons. The molecule has 2 atom stereocenters. The standard InChI is InChI=1S/C42H53BrN4O9S/c1-7-21-45-28-30(43)26-33-40(45)44-34(41(33,3)19-23-54-5)14-10-8-11-15-35-42(4,20-24-55-6)32-27-31(57(51,52)53)25-29(2)39(32)46(35)22-13-9-12-16-38(50)56-47-36(48)17-18-37(47)49/h8,10-11,14-15,25-28H,7,9,12-13,16-24H2,1-6H3. The number of carbonyl (C=O) groups is 3. The number of amides is 2. The van der Waals surface area contributed by atoms with Gasteiger partial charge >= 0.3 is 11.8 Å². The molecule has 4 heterocycles. The molecule has 1 aromatic carbocycles. The number of hydrogen-bond acceptors (Lipinski definition) is 11. The maximum absolute atomic E-state index is 12.4. The van der Waals surface area contributed by atoms with E-state index in [2.05, 4.69) is 51.5 Å². The van der Waals surface area contributed by atoms with Gasteiger partial charge in [-0.15, -0.1) is 5.06 Å². The molecule has 1 saturated heterocycles. The van der Waals surface area contributed by atoms with Crippen molar-refractivity contribution < 1.29 is 46.2 Å². The smallest absolute Gasteiger partial charge is 0.333 e. The number of halogens is 1. The Morgan fingerprint density at radius 2 is 1.67 bits per heavy atom. The molecule has 1 aromatic heterocycles. The van der Waals surface area contributed by atoms with Gasteiger partial charge in [-0.1, -0.05) is 31.6 Å². The number of carbonyl (C=O) groups excluding carboxylic acids is 3. The highest BCUT2D eigenvalue weighted by Crippen LogP contribution is 2.52. The summed E-state index contributed by atoms with van der Waals surface area (Å²) in [7, 11) is -1.42. The van der Waals surface area contributed by atoms with Crippen LogP contribution in [0.4, 0.5) is 11.5 Å². The van der Waals surface area contributed by atoms with Crippen LogP contribution >= 0.6 is 15.9 Å². The molecule has 3 aliphatic rings. The lowest BCUT2D eigenvalue weighted by Crippen LogP contribution is -2.36. The van der Waals surface area contributed by atoms with Crippen LogP contribution in [0.3, 0.4) is 0 Å². The first-order valence-corrected chi connectivity index (χ1v) is 21.6. The summed E-state index contributed by atoms with van der Waals surface area (Å²) >= 11 is 3.70. The second-order valence-corrected chi connectivity index (χ2v) is 17.4. The van der Waals surface area contributed by atoms with Crippen molar-refractivity contribution in [2.45, 2.75) is 108 Å². The van der Waals surface area contributed by atoms with Crippen LogP contribution in [0.5, 0.6) is 0 Å². The molecule has 0 saturated carbocycles. The Balaban J connectivity index is 1.42. The number of benzene rings is 1. The molecule has 0 radical (unpaired) electrons. The average molecular weight is 870 g/mol. The van der Waals surface area contributed by atoms with E-state index < -0.39 is 33.3 Å². The highest BCUT2D eigenvalue weighted by Gasteiger charge is 2.46. The number of hydrogen-bond donors (Lipinski definition) is 0. The monoisotopic (exact) mass is 868 g/mol. The quantitative estimate of drug-likeness (QED) is 0.0488. The highest BCUT2D eigenvalue weighted by atomic mass is 79.9. The van der Waals surface area contributed by atoms with E-state index in [9.17, 15) is 27.4 Å². The second kappa shape index (κ2) is 18.7. The minimum absolute atomic E-state index is 0.0333. The lowest BCUT2D eigenvalue weighted by molar-refractivity contribution is -0.684. The fourth-order valence-corrected chi connectivity index (χ4v) is 8.95. The zero-order valence-electron chi connectivity index (χ0n) is 33.6. The lowest BCUT2D eigenvalue weighted by atomic mass is 9.77. The zero-order chi connectivity index (χ0) is 41.5. The first-order valence-electron chi connectivity index (χ1n) is 19.4. The number of aryl methyl sites for hydroxylation is 2. The number of rotatable bonds is 19. The van der Waals surface area contributed by atoms with Crippen LogP contribution < -0.4 is 9.47 Å². The summed E-state index contributed by atoms with van der Waals surface area (Å²) in [5.41, 5.74) is 4.12. The number of methoxy groups -OCH3 is 2. The van der Waals surface area contributed by atoms with Gasteiger partial charge in [-0.2, -0.15) is 0 Å². The Kier molecular flexibility index (Phi) is 14.5. The number of pyridine rings is 1. The number of fused-ring (bicyclic) bond motifs is 2. The van der Waals surface area contributed by atoms with Gasteiger partial charge in [-0.3, -0.25) is 9.59 Å². The molecule has 0 spiro atoms. The molecule has 15 heteroatoms. The minimum Gasteiger partial charge on any atom is -0.744 e. The van der Waals surface area contributed by atoms with E-state index >= 15 is 0 Å². The predicted molar refractivity (Wildman–Crippen MR) is 218 cm³/mol. The van der Waals surface area contributed by atoms with Crippen molar-refractivity contribution >= 4 is 61.0 Å². The summed E-state index contributed by atoms with van der Waals surface area (Å²) in [5, 5.41) is 0.561. The van der Waals surface area contributed by atoms with Crippen molar-refractivity contribution in [1.82, 2.24) is 5.06 Å². The van der Waals surface area contributed by atoms with E-state index in [0.29, 0.717) is 56.1 Å². The summed E-state index contributed by atoms with van der Waals surface area (Å²) in [6, 6.07) is 5.06. The molecule has 13 nitrogen and oxygen atoms in total. The van der Waals surface area contributed by atoms with E-state index in [0.717, 1.165) is 57.9 Å².